The molecule has 2 rings (SSSR count). The van der Waals surface area contributed by atoms with E-state index in [1.807, 2.05) is 11.9 Å². The van der Waals surface area contributed by atoms with Crippen molar-refractivity contribution in [2.24, 2.45) is 5.92 Å². The van der Waals surface area contributed by atoms with Crippen molar-refractivity contribution >= 4 is 18.3 Å². The van der Waals surface area contributed by atoms with Crippen LogP contribution < -0.4 is 5.32 Å². The summed E-state index contributed by atoms with van der Waals surface area (Å²) in [4.78, 5) is 13.8. The van der Waals surface area contributed by atoms with E-state index in [2.05, 4.69) is 5.32 Å². The number of carbonyl (C=O) groups is 1. The molecule has 1 saturated carbocycles. The van der Waals surface area contributed by atoms with Crippen molar-refractivity contribution in [2.45, 2.75) is 25.4 Å². The number of carbonyl (C=O) groups excluding carboxylic acids is 1. The molecule has 1 amide bonds. The second kappa shape index (κ2) is 6.42. The predicted molar refractivity (Wildman–Crippen MR) is 64.8 cm³/mol. The Morgan fingerprint density at radius 2 is 2.25 bits per heavy atom. The Morgan fingerprint density at radius 1 is 1.50 bits per heavy atom. The molecule has 0 aromatic carbocycles. The summed E-state index contributed by atoms with van der Waals surface area (Å²) in [6.07, 6.45) is 3.63. The molecule has 1 aliphatic carbocycles. The minimum Gasteiger partial charge on any atom is -0.366 e. The zero-order valence-electron chi connectivity index (χ0n) is 9.78. The van der Waals surface area contributed by atoms with Gasteiger partial charge in [0.2, 0.25) is 0 Å². The number of hydrogen-bond acceptors (Lipinski definition) is 3. The molecular formula is C11H21ClN2O2. The van der Waals surface area contributed by atoms with Gasteiger partial charge in [-0.1, -0.05) is 6.42 Å². The Balaban J connectivity index is 0.00000128. The summed E-state index contributed by atoms with van der Waals surface area (Å²) in [7, 11) is 1.89. The molecule has 1 heterocycles. The zero-order valence-corrected chi connectivity index (χ0v) is 10.6. The van der Waals surface area contributed by atoms with Gasteiger partial charge in [-0.05, 0) is 18.8 Å². The van der Waals surface area contributed by atoms with Gasteiger partial charge >= 0.3 is 0 Å². The highest BCUT2D eigenvalue weighted by Crippen LogP contribution is 2.26. The maximum Gasteiger partial charge on any atom is 0.252 e. The molecule has 0 radical (unpaired) electrons. The van der Waals surface area contributed by atoms with Crippen molar-refractivity contribution < 1.29 is 9.53 Å². The SMILES string of the molecule is CN(CC1CCC1)C(=O)[C@H]1CNCCO1.Cl. The first kappa shape index (κ1) is 13.7. The first-order valence-corrected chi connectivity index (χ1v) is 5.84. The Bertz CT molecular complexity index is 228. The van der Waals surface area contributed by atoms with E-state index in [0.717, 1.165) is 19.0 Å². The van der Waals surface area contributed by atoms with E-state index >= 15 is 0 Å². The van der Waals surface area contributed by atoms with Gasteiger partial charge in [-0.2, -0.15) is 0 Å². The number of ether oxygens (including phenoxy) is 1. The highest BCUT2D eigenvalue weighted by Gasteiger charge is 2.27. The monoisotopic (exact) mass is 248 g/mol. The number of halogens is 1. The fraction of sp³-hybridized carbons (Fsp3) is 0.909. The highest BCUT2D eigenvalue weighted by atomic mass is 35.5. The molecule has 2 fully saturated rings. The van der Waals surface area contributed by atoms with Crippen LogP contribution in [0.4, 0.5) is 0 Å². The molecule has 1 atom stereocenters. The summed E-state index contributed by atoms with van der Waals surface area (Å²) in [5.74, 6) is 0.865. The molecule has 1 aliphatic heterocycles. The van der Waals surface area contributed by atoms with Crippen LogP contribution in [0.1, 0.15) is 19.3 Å². The Morgan fingerprint density at radius 3 is 2.75 bits per heavy atom. The molecule has 94 valence electrons. The van der Waals surface area contributed by atoms with Gasteiger partial charge in [0, 0.05) is 26.7 Å². The fourth-order valence-electron chi connectivity index (χ4n) is 2.12. The summed E-state index contributed by atoms with van der Waals surface area (Å²) in [5.41, 5.74) is 0. The van der Waals surface area contributed by atoms with Gasteiger partial charge in [0.15, 0.2) is 0 Å². The van der Waals surface area contributed by atoms with Crippen molar-refractivity contribution in [2.75, 3.05) is 33.3 Å². The molecule has 1 saturated heterocycles. The van der Waals surface area contributed by atoms with E-state index in [4.69, 9.17) is 4.74 Å². The number of morpholine rings is 1. The summed E-state index contributed by atoms with van der Waals surface area (Å²) in [5, 5.41) is 3.18. The fourth-order valence-corrected chi connectivity index (χ4v) is 2.12. The topological polar surface area (TPSA) is 41.6 Å². The standard InChI is InChI=1S/C11H20N2O2.ClH/c1-13(8-9-3-2-4-9)11(14)10-7-12-5-6-15-10;/h9-10,12H,2-8H2,1H3;1H/t10-;/m1./s1. The maximum atomic E-state index is 11.9. The molecule has 0 unspecified atom stereocenters. The van der Waals surface area contributed by atoms with Crippen LogP contribution in [-0.2, 0) is 9.53 Å². The second-order valence-corrected chi connectivity index (χ2v) is 4.58. The van der Waals surface area contributed by atoms with Crippen molar-refractivity contribution in [1.82, 2.24) is 10.2 Å². The van der Waals surface area contributed by atoms with E-state index in [9.17, 15) is 4.79 Å². The van der Waals surface area contributed by atoms with Crippen LogP contribution in [0.2, 0.25) is 0 Å². The van der Waals surface area contributed by atoms with Gasteiger partial charge in [-0.15, -0.1) is 12.4 Å². The van der Waals surface area contributed by atoms with Gasteiger partial charge < -0.3 is 15.0 Å². The minimum absolute atomic E-state index is 0. The van der Waals surface area contributed by atoms with Crippen molar-refractivity contribution in [3.8, 4) is 0 Å². The predicted octanol–water partition coefficient (Wildman–Crippen LogP) is 0.655. The van der Waals surface area contributed by atoms with Crippen molar-refractivity contribution in [3.63, 3.8) is 0 Å². The van der Waals surface area contributed by atoms with Crippen LogP contribution in [0.15, 0.2) is 0 Å². The third kappa shape index (κ3) is 3.34. The molecule has 16 heavy (non-hydrogen) atoms. The summed E-state index contributed by atoms with van der Waals surface area (Å²) >= 11 is 0. The number of rotatable bonds is 3. The molecule has 4 nitrogen and oxygen atoms in total. The molecule has 2 aliphatic rings. The number of nitrogens with zero attached hydrogens (tertiary/aromatic N) is 1. The van der Waals surface area contributed by atoms with E-state index in [0.29, 0.717) is 13.2 Å². The minimum atomic E-state index is -0.260. The summed E-state index contributed by atoms with van der Waals surface area (Å²) in [6, 6.07) is 0. The normalized spacial score (nSPS) is 25.4. The summed E-state index contributed by atoms with van der Waals surface area (Å²) in [6.45, 7) is 3.07. The van der Waals surface area contributed by atoms with E-state index in [1.165, 1.54) is 19.3 Å². The number of likely N-dealkylation sites (N-methyl/N-ethyl adjacent to an activating group) is 1. The van der Waals surface area contributed by atoms with Gasteiger partial charge in [0.05, 0.1) is 6.61 Å². The lowest BCUT2D eigenvalue weighted by molar-refractivity contribution is -0.144. The molecule has 0 aromatic rings. The Hall–Kier alpha value is -0.320. The quantitative estimate of drug-likeness (QED) is 0.798. The van der Waals surface area contributed by atoms with Crippen LogP contribution in [0.5, 0.6) is 0 Å². The van der Waals surface area contributed by atoms with Crippen LogP contribution in [-0.4, -0.2) is 50.2 Å². The van der Waals surface area contributed by atoms with Crippen LogP contribution in [0.3, 0.4) is 0 Å². The lowest BCUT2D eigenvalue weighted by Crippen LogP contribution is -2.49. The Labute approximate surface area is 103 Å². The lowest BCUT2D eigenvalue weighted by atomic mass is 9.85. The average molecular weight is 249 g/mol. The second-order valence-electron chi connectivity index (χ2n) is 4.58. The molecular weight excluding hydrogens is 228 g/mol. The van der Waals surface area contributed by atoms with E-state index < -0.39 is 0 Å². The van der Waals surface area contributed by atoms with Crippen molar-refractivity contribution in [3.05, 3.63) is 0 Å². The molecule has 1 N–H and O–H groups in total. The number of nitrogens with one attached hydrogen (secondary N) is 1. The third-order valence-electron chi connectivity index (χ3n) is 3.34. The number of amides is 1. The molecule has 0 bridgehead atoms. The third-order valence-corrected chi connectivity index (χ3v) is 3.34. The van der Waals surface area contributed by atoms with E-state index in [-0.39, 0.29) is 24.4 Å². The number of hydrogen-bond donors (Lipinski definition) is 1. The largest absolute Gasteiger partial charge is 0.366 e. The van der Waals surface area contributed by atoms with Crippen molar-refractivity contribution in [1.29, 1.82) is 0 Å². The van der Waals surface area contributed by atoms with Crippen LogP contribution in [0.25, 0.3) is 0 Å². The summed E-state index contributed by atoms with van der Waals surface area (Å²) < 4.78 is 5.44. The molecule has 0 spiro atoms. The highest BCUT2D eigenvalue weighted by molar-refractivity contribution is 5.85. The zero-order chi connectivity index (χ0) is 10.7. The first-order valence-electron chi connectivity index (χ1n) is 5.84. The average Bonchev–Trinajstić information content (AvgIpc) is 2.23. The van der Waals surface area contributed by atoms with Crippen LogP contribution in [0, 0.1) is 5.92 Å². The Kier molecular flexibility index (Phi) is 5.52. The van der Waals surface area contributed by atoms with E-state index in [1.54, 1.807) is 0 Å². The smallest absolute Gasteiger partial charge is 0.252 e. The van der Waals surface area contributed by atoms with Gasteiger partial charge in [0.1, 0.15) is 6.10 Å². The van der Waals surface area contributed by atoms with Gasteiger partial charge in [-0.3, -0.25) is 4.79 Å². The lowest BCUT2D eigenvalue weighted by Gasteiger charge is -2.33. The van der Waals surface area contributed by atoms with Crippen LogP contribution >= 0.6 is 12.4 Å². The molecule has 5 heteroatoms. The van der Waals surface area contributed by atoms with Gasteiger partial charge in [-0.25, -0.2) is 0 Å². The van der Waals surface area contributed by atoms with Gasteiger partial charge in [0.25, 0.3) is 5.91 Å². The first-order chi connectivity index (χ1) is 7.27. The maximum absolute atomic E-state index is 11.9. The molecule has 0 aromatic heterocycles.